The highest BCUT2D eigenvalue weighted by molar-refractivity contribution is 4.99. The summed E-state index contributed by atoms with van der Waals surface area (Å²) in [5.74, 6) is 2.29. The molecule has 2 unspecified atom stereocenters. The number of aliphatic hydroxyl groups is 1. The fourth-order valence-electron chi connectivity index (χ4n) is 2.02. The van der Waals surface area contributed by atoms with Gasteiger partial charge in [-0.2, -0.15) is 4.98 Å². The van der Waals surface area contributed by atoms with E-state index >= 15 is 0 Å². The molecular weight excluding hydrogens is 180 g/mol. The molecule has 0 saturated heterocycles. The van der Waals surface area contributed by atoms with Crippen LogP contribution in [0.25, 0.3) is 0 Å². The summed E-state index contributed by atoms with van der Waals surface area (Å²) in [7, 11) is 0. The van der Waals surface area contributed by atoms with Gasteiger partial charge < -0.3 is 9.63 Å². The third-order valence-electron chi connectivity index (χ3n) is 2.87. The molecule has 3 atom stereocenters. The number of nitrogens with zero attached hydrogens (tertiary/aromatic N) is 2. The van der Waals surface area contributed by atoms with Crippen LogP contribution in [-0.4, -0.2) is 15.2 Å². The SMILES string of the molecule is CC1CCC(c2noc([C@H](C)O)n2)C1. The van der Waals surface area contributed by atoms with E-state index in [1.807, 2.05) is 0 Å². The third kappa shape index (κ3) is 1.80. The fourth-order valence-corrected chi connectivity index (χ4v) is 2.02. The summed E-state index contributed by atoms with van der Waals surface area (Å²) in [4.78, 5) is 4.20. The standard InChI is InChI=1S/C10H16N2O2/c1-6-3-4-8(5-6)9-11-10(7(2)13)14-12-9/h6-8,13H,3-5H2,1-2H3/t6?,7-,8?/m0/s1. The molecule has 0 aliphatic heterocycles. The molecule has 78 valence electrons. The number of hydrogen-bond donors (Lipinski definition) is 1. The van der Waals surface area contributed by atoms with Gasteiger partial charge in [-0.3, -0.25) is 0 Å². The summed E-state index contributed by atoms with van der Waals surface area (Å²) >= 11 is 0. The van der Waals surface area contributed by atoms with Gasteiger partial charge in [0.25, 0.3) is 5.89 Å². The van der Waals surface area contributed by atoms with Crippen LogP contribution in [0.3, 0.4) is 0 Å². The summed E-state index contributed by atoms with van der Waals surface area (Å²) < 4.78 is 4.96. The zero-order valence-electron chi connectivity index (χ0n) is 8.60. The lowest BCUT2D eigenvalue weighted by atomic mass is 10.1. The molecule has 1 aliphatic carbocycles. The smallest absolute Gasteiger partial charge is 0.255 e. The molecule has 1 heterocycles. The first kappa shape index (κ1) is 9.65. The summed E-state index contributed by atoms with van der Waals surface area (Å²) in [5, 5.41) is 13.1. The molecule has 4 nitrogen and oxygen atoms in total. The van der Waals surface area contributed by atoms with Crippen molar-refractivity contribution in [1.82, 2.24) is 10.1 Å². The van der Waals surface area contributed by atoms with Crippen molar-refractivity contribution in [3.63, 3.8) is 0 Å². The Morgan fingerprint density at radius 2 is 2.29 bits per heavy atom. The Kier molecular flexibility index (Phi) is 2.54. The minimum Gasteiger partial charge on any atom is -0.384 e. The normalized spacial score (nSPS) is 29.4. The molecule has 0 amide bonds. The predicted molar refractivity (Wildman–Crippen MR) is 50.7 cm³/mol. The minimum atomic E-state index is -0.657. The Morgan fingerprint density at radius 1 is 1.50 bits per heavy atom. The van der Waals surface area contributed by atoms with E-state index in [-0.39, 0.29) is 0 Å². The van der Waals surface area contributed by atoms with Crippen molar-refractivity contribution in [2.24, 2.45) is 5.92 Å². The molecule has 1 aromatic rings. The van der Waals surface area contributed by atoms with E-state index in [0.717, 1.165) is 24.6 Å². The van der Waals surface area contributed by atoms with Gasteiger partial charge in [0, 0.05) is 5.92 Å². The van der Waals surface area contributed by atoms with Crippen molar-refractivity contribution in [1.29, 1.82) is 0 Å². The van der Waals surface area contributed by atoms with Crippen LogP contribution in [0.5, 0.6) is 0 Å². The maximum Gasteiger partial charge on any atom is 0.255 e. The summed E-state index contributed by atoms with van der Waals surface area (Å²) in [6.07, 6.45) is 2.86. The second-order valence-electron chi connectivity index (χ2n) is 4.28. The van der Waals surface area contributed by atoms with Gasteiger partial charge in [-0.15, -0.1) is 0 Å². The summed E-state index contributed by atoms with van der Waals surface area (Å²) in [5.41, 5.74) is 0. The second kappa shape index (κ2) is 3.69. The first-order valence-corrected chi connectivity index (χ1v) is 5.18. The van der Waals surface area contributed by atoms with Crippen LogP contribution in [0.4, 0.5) is 0 Å². The van der Waals surface area contributed by atoms with Gasteiger partial charge in [0.15, 0.2) is 5.82 Å². The van der Waals surface area contributed by atoms with E-state index in [4.69, 9.17) is 4.52 Å². The second-order valence-corrected chi connectivity index (χ2v) is 4.28. The molecule has 0 spiro atoms. The first-order valence-electron chi connectivity index (χ1n) is 5.18. The van der Waals surface area contributed by atoms with Crippen LogP contribution >= 0.6 is 0 Å². The van der Waals surface area contributed by atoms with Crippen molar-refractivity contribution in [2.75, 3.05) is 0 Å². The molecule has 1 N–H and O–H groups in total. The minimum absolute atomic E-state index is 0.333. The van der Waals surface area contributed by atoms with Gasteiger partial charge in [0.1, 0.15) is 6.10 Å². The fraction of sp³-hybridized carbons (Fsp3) is 0.800. The lowest BCUT2D eigenvalue weighted by molar-refractivity contribution is 0.151. The van der Waals surface area contributed by atoms with Gasteiger partial charge in [0.2, 0.25) is 0 Å². The maximum absolute atomic E-state index is 9.24. The lowest BCUT2D eigenvalue weighted by Crippen LogP contribution is -1.97. The number of aliphatic hydroxyl groups excluding tert-OH is 1. The molecular formula is C10H16N2O2. The molecule has 4 heteroatoms. The van der Waals surface area contributed by atoms with Gasteiger partial charge in [-0.1, -0.05) is 12.1 Å². The van der Waals surface area contributed by atoms with Gasteiger partial charge in [0.05, 0.1) is 0 Å². The van der Waals surface area contributed by atoms with Crippen LogP contribution in [-0.2, 0) is 0 Å². The van der Waals surface area contributed by atoms with E-state index in [9.17, 15) is 5.11 Å². The third-order valence-corrected chi connectivity index (χ3v) is 2.87. The van der Waals surface area contributed by atoms with E-state index in [1.165, 1.54) is 6.42 Å². The maximum atomic E-state index is 9.24. The molecule has 1 fully saturated rings. The topological polar surface area (TPSA) is 59.2 Å². The van der Waals surface area contributed by atoms with Crippen LogP contribution in [0.2, 0.25) is 0 Å². The number of rotatable bonds is 2. The van der Waals surface area contributed by atoms with Crippen molar-refractivity contribution in [3.8, 4) is 0 Å². The summed E-state index contributed by atoms with van der Waals surface area (Å²) in [6, 6.07) is 0. The molecule has 0 aromatic carbocycles. The number of aromatic nitrogens is 2. The van der Waals surface area contributed by atoms with Crippen LogP contribution < -0.4 is 0 Å². The van der Waals surface area contributed by atoms with E-state index in [0.29, 0.717) is 11.8 Å². The highest BCUT2D eigenvalue weighted by atomic mass is 16.5. The van der Waals surface area contributed by atoms with Gasteiger partial charge in [-0.25, -0.2) is 0 Å². The van der Waals surface area contributed by atoms with Crippen molar-refractivity contribution < 1.29 is 9.63 Å². The van der Waals surface area contributed by atoms with E-state index in [1.54, 1.807) is 6.92 Å². The average Bonchev–Trinajstić information content (AvgIpc) is 2.70. The Hall–Kier alpha value is -0.900. The van der Waals surface area contributed by atoms with E-state index < -0.39 is 6.10 Å². The van der Waals surface area contributed by atoms with Crippen molar-refractivity contribution in [3.05, 3.63) is 11.7 Å². The zero-order valence-corrected chi connectivity index (χ0v) is 8.60. The Bertz CT molecular complexity index is 309. The highest BCUT2D eigenvalue weighted by Crippen LogP contribution is 2.36. The zero-order chi connectivity index (χ0) is 10.1. The highest BCUT2D eigenvalue weighted by Gasteiger charge is 2.27. The van der Waals surface area contributed by atoms with Crippen molar-refractivity contribution >= 4 is 0 Å². The summed E-state index contributed by atoms with van der Waals surface area (Å²) in [6.45, 7) is 3.88. The Labute approximate surface area is 83.3 Å². The molecule has 0 bridgehead atoms. The van der Waals surface area contributed by atoms with Crippen LogP contribution in [0.15, 0.2) is 4.52 Å². The largest absolute Gasteiger partial charge is 0.384 e. The average molecular weight is 196 g/mol. The molecule has 1 aromatic heterocycles. The molecule has 1 saturated carbocycles. The van der Waals surface area contributed by atoms with Gasteiger partial charge in [-0.05, 0) is 32.1 Å². The molecule has 1 aliphatic rings. The molecule has 2 rings (SSSR count). The van der Waals surface area contributed by atoms with Gasteiger partial charge >= 0.3 is 0 Å². The van der Waals surface area contributed by atoms with Crippen LogP contribution in [0.1, 0.15) is 56.8 Å². The molecule has 0 radical (unpaired) electrons. The molecule has 14 heavy (non-hydrogen) atoms. The van der Waals surface area contributed by atoms with Crippen molar-refractivity contribution in [2.45, 2.75) is 45.1 Å². The van der Waals surface area contributed by atoms with Crippen LogP contribution in [0, 0.1) is 5.92 Å². The monoisotopic (exact) mass is 196 g/mol. The quantitative estimate of drug-likeness (QED) is 0.786. The number of hydrogen-bond acceptors (Lipinski definition) is 4. The Balaban J connectivity index is 2.09. The first-order chi connectivity index (χ1) is 6.66. The predicted octanol–water partition coefficient (Wildman–Crippen LogP) is 2.03. The Morgan fingerprint density at radius 3 is 2.79 bits per heavy atom. The van der Waals surface area contributed by atoms with E-state index in [2.05, 4.69) is 17.1 Å². The lowest BCUT2D eigenvalue weighted by Gasteiger charge is -2.01.